The fraction of sp³-hybridized carbons (Fsp3) is 0.556. The van der Waals surface area contributed by atoms with Crippen LogP contribution in [0.2, 0.25) is 0 Å². The zero-order valence-corrected chi connectivity index (χ0v) is 16.9. The van der Waals surface area contributed by atoms with E-state index in [2.05, 4.69) is 16.6 Å². The lowest BCUT2D eigenvalue weighted by molar-refractivity contribution is -0.132. The third kappa shape index (κ3) is 5.67. The molecule has 0 aromatic heterocycles. The lowest BCUT2D eigenvalue weighted by atomic mass is 10.2. The zero-order valence-electron chi connectivity index (χ0n) is 16.1. The largest absolute Gasteiger partial charge is 0.465 e. The monoisotopic (exact) mass is 397 g/mol. The molecule has 1 aliphatic rings. The van der Waals surface area contributed by atoms with Crippen molar-refractivity contribution in [2.45, 2.75) is 13.3 Å². The number of anilines is 1. The highest BCUT2D eigenvalue weighted by Gasteiger charge is 2.24. The van der Waals surface area contributed by atoms with Gasteiger partial charge in [-0.3, -0.25) is 9.10 Å². The average molecular weight is 397 g/mol. The number of carbonyl (C=O) groups excluding carboxylic acids is 2. The Balaban J connectivity index is 2.08. The summed E-state index contributed by atoms with van der Waals surface area (Å²) in [5.41, 5.74) is 0.592. The molecule has 1 saturated heterocycles. The molecule has 1 amide bonds. The number of piperazine rings is 1. The third-order valence-electron chi connectivity index (χ3n) is 4.66. The molecule has 150 valence electrons. The van der Waals surface area contributed by atoms with E-state index in [1.54, 1.807) is 23.1 Å². The van der Waals surface area contributed by atoms with Crippen LogP contribution in [0.4, 0.5) is 5.69 Å². The van der Waals surface area contributed by atoms with E-state index >= 15 is 0 Å². The van der Waals surface area contributed by atoms with Crippen molar-refractivity contribution in [3.63, 3.8) is 0 Å². The Bertz CT molecular complexity index is 773. The minimum absolute atomic E-state index is 0.0241. The number of hydrogen-bond acceptors (Lipinski definition) is 6. The van der Waals surface area contributed by atoms with Crippen LogP contribution in [0.5, 0.6) is 0 Å². The molecule has 1 heterocycles. The fourth-order valence-electron chi connectivity index (χ4n) is 3.06. The van der Waals surface area contributed by atoms with Gasteiger partial charge < -0.3 is 14.5 Å². The van der Waals surface area contributed by atoms with Crippen molar-refractivity contribution in [2.75, 3.05) is 56.9 Å². The molecule has 0 aliphatic carbocycles. The first-order valence-corrected chi connectivity index (χ1v) is 10.8. The highest BCUT2D eigenvalue weighted by atomic mass is 32.2. The summed E-state index contributed by atoms with van der Waals surface area (Å²) in [5, 5.41) is 0. The van der Waals surface area contributed by atoms with E-state index in [4.69, 9.17) is 0 Å². The van der Waals surface area contributed by atoms with E-state index in [0.717, 1.165) is 30.2 Å². The lowest BCUT2D eigenvalue weighted by Gasteiger charge is -2.34. The minimum Gasteiger partial charge on any atom is -0.465 e. The molecule has 27 heavy (non-hydrogen) atoms. The first-order valence-electron chi connectivity index (χ1n) is 8.92. The average Bonchev–Trinajstić information content (AvgIpc) is 2.66. The second-order valence-electron chi connectivity index (χ2n) is 6.44. The van der Waals surface area contributed by atoms with Gasteiger partial charge in [-0.2, -0.15) is 0 Å². The quantitative estimate of drug-likeness (QED) is 0.633. The molecule has 2 rings (SSSR count). The van der Waals surface area contributed by atoms with E-state index < -0.39 is 16.0 Å². The topological polar surface area (TPSA) is 87.2 Å². The summed E-state index contributed by atoms with van der Waals surface area (Å²) in [6, 6.07) is 6.19. The molecule has 1 aromatic carbocycles. The van der Waals surface area contributed by atoms with Crippen molar-refractivity contribution in [3.05, 3.63) is 29.8 Å². The number of sulfonamides is 1. The van der Waals surface area contributed by atoms with Crippen LogP contribution in [-0.2, 0) is 19.6 Å². The van der Waals surface area contributed by atoms with Crippen LogP contribution in [0.25, 0.3) is 0 Å². The predicted octanol–water partition coefficient (Wildman–Crippen LogP) is 0.793. The second-order valence-corrected chi connectivity index (χ2v) is 8.35. The van der Waals surface area contributed by atoms with Gasteiger partial charge >= 0.3 is 5.97 Å². The number of rotatable bonds is 7. The molecule has 9 heteroatoms. The molecule has 1 aromatic rings. The molecule has 8 nitrogen and oxygen atoms in total. The van der Waals surface area contributed by atoms with Crippen molar-refractivity contribution in [3.8, 4) is 0 Å². The van der Waals surface area contributed by atoms with Gasteiger partial charge in [-0.1, -0.05) is 13.0 Å². The van der Waals surface area contributed by atoms with Crippen molar-refractivity contribution < 1.29 is 22.7 Å². The number of methoxy groups -OCH3 is 1. The Hall–Kier alpha value is -2.13. The molecule has 0 N–H and O–H groups in total. The van der Waals surface area contributed by atoms with Gasteiger partial charge in [0.25, 0.3) is 0 Å². The highest BCUT2D eigenvalue weighted by Crippen LogP contribution is 2.20. The van der Waals surface area contributed by atoms with Crippen molar-refractivity contribution in [1.82, 2.24) is 9.80 Å². The molecule has 0 radical (unpaired) electrons. The van der Waals surface area contributed by atoms with Gasteiger partial charge in [0.1, 0.15) is 0 Å². The smallest absolute Gasteiger partial charge is 0.337 e. The maximum atomic E-state index is 12.5. The first kappa shape index (κ1) is 21.2. The minimum atomic E-state index is -3.60. The molecular formula is C18H27N3O5S. The summed E-state index contributed by atoms with van der Waals surface area (Å²) in [6.45, 7) is 6.05. The van der Waals surface area contributed by atoms with Gasteiger partial charge in [0, 0.05) is 39.1 Å². The Kier molecular flexibility index (Phi) is 7.20. The highest BCUT2D eigenvalue weighted by molar-refractivity contribution is 7.92. The zero-order chi connectivity index (χ0) is 20.0. The molecule has 0 atom stereocenters. The number of benzene rings is 1. The van der Waals surface area contributed by atoms with Gasteiger partial charge in [-0.05, 0) is 24.7 Å². The maximum Gasteiger partial charge on any atom is 0.337 e. The lowest BCUT2D eigenvalue weighted by Crippen LogP contribution is -2.49. The van der Waals surface area contributed by atoms with Crippen LogP contribution < -0.4 is 4.31 Å². The number of hydrogen-bond donors (Lipinski definition) is 0. The van der Waals surface area contributed by atoms with Crippen LogP contribution in [0.1, 0.15) is 23.7 Å². The van der Waals surface area contributed by atoms with E-state index in [-0.39, 0.29) is 24.4 Å². The molecule has 0 unspecified atom stereocenters. The Morgan fingerprint density at radius 2 is 1.85 bits per heavy atom. The summed E-state index contributed by atoms with van der Waals surface area (Å²) in [6.07, 6.45) is 1.17. The summed E-state index contributed by atoms with van der Waals surface area (Å²) >= 11 is 0. The molecule has 0 spiro atoms. The van der Waals surface area contributed by atoms with Crippen LogP contribution >= 0.6 is 0 Å². The molecule has 0 saturated carbocycles. The SMILES string of the molecule is CCN1CCN(C(=O)CCN(c2cccc(C(=O)OC)c2)S(C)(=O)=O)CC1. The number of likely N-dealkylation sites (N-methyl/N-ethyl adjacent to an activating group) is 1. The summed E-state index contributed by atoms with van der Waals surface area (Å²) in [7, 11) is -2.34. The van der Waals surface area contributed by atoms with Gasteiger partial charge in [0.2, 0.25) is 15.9 Å². The molecule has 1 fully saturated rings. The fourth-order valence-corrected chi connectivity index (χ4v) is 3.98. The standard InChI is InChI=1S/C18H27N3O5S/c1-4-19-10-12-20(13-11-19)17(22)8-9-21(27(3,24)25)16-7-5-6-15(14-16)18(23)26-2/h5-7,14H,4,8-13H2,1-3H3. The predicted molar refractivity (Wildman–Crippen MR) is 103 cm³/mol. The van der Waals surface area contributed by atoms with Gasteiger partial charge in [0.15, 0.2) is 0 Å². The summed E-state index contributed by atoms with van der Waals surface area (Å²) < 4.78 is 30.3. The number of esters is 1. The van der Waals surface area contributed by atoms with E-state index in [1.807, 2.05) is 0 Å². The van der Waals surface area contributed by atoms with Gasteiger partial charge in [-0.25, -0.2) is 13.2 Å². The Morgan fingerprint density at radius 1 is 1.19 bits per heavy atom. The first-order chi connectivity index (χ1) is 12.8. The number of carbonyl (C=O) groups is 2. The normalized spacial score (nSPS) is 15.4. The third-order valence-corrected chi connectivity index (χ3v) is 5.85. The summed E-state index contributed by atoms with van der Waals surface area (Å²) in [4.78, 5) is 28.2. The van der Waals surface area contributed by atoms with E-state index in [0.29, 0.717) is 18.8 Å². The van der Waals surface area contributed by atoms with Gasteiger partial charge in [-0.15, -0.1) is 0 Å². The van der Waals surface area contributed by atoms with Gasteiger partial charge in [0.05, 0.1) is 24.6 Å². The van der Waals surface area contributed by atoms with E-state index in [9.17, 15) is 18.0 Å². The molecule has 1 aliphatic heterocycles. The number of amides is 1. The molecular weight excluding hydrogens is 370 g/mol. The van der Waals surface area contributed by atoms with Crippen molar-refractivity contribution in [2.24, 2.45) is 0 Å². The number of nitrogens with zero attached hydrogens (tertiary/aromatic N) is 3. The second kappa shape index (κ2) is 9.18. The molecule has 0 bridgehead atoms. The Labute approximate surface area is 160 Å². The summed E-state index contributed by atoms with van der Waals surface area (Å²) in [5.74, 6) is -0.612. The maximum absolute atomic E-state index is 12.5. The van der Waals surface area contributed by atoms with Crippen LogP contribution in [-0.4, -0.2) is 82.7 Å². The van der Waals surface area contributed by atoms with Crippen LogP contribution in [0.3, 0.4) is 0 Å². The van der Waals surface area contributed by atoms with E-state index in [1.165, 1.54) is 13.2 Å². The van der Waals surface area contributed by atoms with Crippen LogP contribution in [0.15, 0.2) is 24.3 Å². The van der Waals surface area contributed by atoms with Crippen LogP contribution in [0, 0.1) is 0 Å². The van der Waals surface area contributed by atoms with Crippen molar-refractivity contribution >= 4 is 27.6 Å². The number of ether oxygens (including phenoxy) is 1. The van der Waals surface area contributed by atoms with Crippen molar-refractivity contribution in [1.29, 1.82) is 0 Å². The Morgan fingerprint density at radius 3 is 2.41 bits per heavy atom.